The van der Waals surface area contributed by atoms with Gasteiger partial charge in [0.2, 0.25) is 0 Å². The Morgan fingerprint density at radius 1 is 0.289 bits per heavy atom. The number of imidazole rings is 1. The molecule has 8 aromatic carbocycles. The van der Waals surface area contributed by atoms with Crippen molar-refractivity contribution in [2.45, 2.75) is 0 Å². The van der Waals surface area contributed by atoms with Crippen LogP contribution in [0.3, 0.4) is 0 Å². The summed E-state index contributed by atoms with van der Waals surface area (Å²) in [6, 6.07) is 79.5. The van der Waals surface area contributed by atoms with Crippen molar-refractivity contribution in [2.75, 3.05) is 0 Å². The standard InChI is InChI=1S/C65H42N10Si/c1-5-19-43(20-6-1)59-69-60(44-21-7-2-8-22-44)72-63(71-59)54-39-49(33-35-51(54)47-27-17-37-66-41-47)76(58-32-16-13-29-53(58)65-68-56-30-14-15-31-57(56)75(65)76)50-34-36-52(48-28-18-38-67-42-48)55(40-50)64-73-61(45-23-9-3-10-24-45)70-62(74-64)46-25-11-4-12-26-46/h1-42H. The lowest BCUT2D eigenvalue weighted by Crippen LogP contribution is -2.70. The predicted molar refractivity (Wildman–Crippen MR) is 304 cm³/mol. The lowest BCUT2D eigenvalue weighted by atomic mass is 10.00. The Balaban J connectivity index is 1.10. The summed E-state index contributed by atoms with van der Waals surface area (Å²) < 4.78 is 2.55. The van der Waals surface area contributed by atoms with E-state index in [0.717, 1.165) is 88.4 Å². The average Bonchev–Trinajstić information content (AvgIpc) is 4.26. The summed E-state index contributed by atoms with van der Waals surface area (Å²) in [6.07, 6.45) is 7.41. The molecule has 5 aromatic heterocycles. The van der Waals surface area contributed by atoms with Crippen LogP contribution < -0.4 is 15.6 Å². The first kappa shape index (κ1) is 44.5. The molecule has 0 radical (unpaired) electrons. The van der Waals surface area contributed by atoms with Gasteiger partial charge in [0.1, 0.15) is 5.82 Å². The number of aromatic nitrogens is 10. The van der Waals surface area contributed by atoms with E-state index < -0.39 is 8.24 Å². The molecule has 0 aliphatic carbocycles. The second kappa shape index (κ2) is 18.7. The maximum absolute atomic E-state index is 5.47. The molecule has 10 nitrogen and oxygen atoms in total. The predicted octanol–water partition coefficient (Wildman–Crippen LogP) is 12.0. The van der Waals surface area contributed by atoms with Crippen LogP contribution in [0.4, 0.5) is 0 Å². The molecule has 0 atom stereocenters. The van der Waals surface area contributed by atoms with Crippen LogP contribution in [0.5, 0.6) is 0 Å². The molecule has 14 rings (SSSR count). The van der Waals surface area contributed by atoms with Gasteiger partial charge >= 0.3 is 0 Å². The summed E-state index contributed by atoms with van der Waals surface area (Å²) >= 11 is 0. The summed E-state index contributed by atoms with van der Waals surface area (Å²) in [5, 5.41) is 3.39. The Morgan fingerprint density at radius 2 is 0.684 bits per heavy atom. The van der Waals surface area contributed by atoms with Crippen molar-refractivity contribution in [3.05, 3.63) is 255 Å². The molecule has 0 unspecified atom stereocenters. The summed E-state index contributed by atoms with van der Waals surface area (Å²) in [6.45, 7) is 0. The van der Waals surface area contributed by atoms with Gasteiger partial charge < -0.3 is 4.23 Å². The van der Waals surface area contributed by atoms with E-state index in [9.17, 15) is 0 Å². The summed E-state index contributed by atoms with van der Waals surface area (Å²) in [4.78, 5) is 46.4. The van der Waals surface area contributed by atoms with Gasteiger partial charge in [-0.1, -0.05) is 194 Å². The molecule has 0 fully saturated rings. The lowest BCUT2D eigenvalue weighted by molar-refractivity contribution is 1.07. The van der Waals surface area contributed by atoms with Gasteiger partial charge in [-0.25, -0.2) is 34.9 Å². The first-order chi connectivity index (χ1) is 37.7. The van der Waals surface area contributed by atoms with Gasteiger partial charge in [0.05, 0.1) is 11.0 Å². The van der Waals surface area contributed by atoms with Gasteiger partial charge in [-0.3, -0.25) is 9.97 Å². The maximum atomic E-state index is 5.47. The van der Waals surface area contributed by atoms with Crippen LogP contribution >= 0.6 is 0 Å². The zero-order chi connectivity index (χ0) is 50.4. The van der Waals surface area contributed by atoms with Crippen molar-refractivity contribution >= 4 is 34.8 Å². The van der Waals surface area contributed by atoms with Crippen molar-refractivity contribution in [3.63, 3.8) is 0 Å². The fraction of sp³-hybridized carbons (Fsp3) is 0. The van der Waals surface area contributed by atoms with E-state index >= 15 is 0 Å². The summed E-state index contributed by atoms with van der Waals surface area (Å²) in [5.74, 6) is 4.29. The normalized spacial score (nSPS) is 12.3. The highest BCUT2D eigenvalue weighted by Gasteiger charge is 2.51. The lowest BCUT2D eigenvalue weighted by Gasteiger charge is -2.33. The first-order valence-electron chi connectivity index (χ1n) is 25.1. The number of para-hydroxylation sites is 2. The molecular weight excluding hydrogens is 949 g/mol. The zero-order valence-electron chi connectivity index (χ0n) is 40.7. The highest BCUT2D eigenvalue weighted by atomic mass is 28.3. The molecule has 13 aromatic rings. The van der Waals surface area contributed by atoms with Crippen LogP contribution in [0.15, 0.2) is 255 Å². The van der Waals surface area contributed by atoms with Gasteiger partial charge in [0.15, 0.2) is 34.9 Å². The largest absolute Gasteiger partial charge is 0.339 e. The van der Waals surface area contributed by atoms with Crippen LogP contribution in [0.1, 0.15) is 0 Å². The quantitative estimate of drug-likeness (QED) is 0.123. The van der Waals surface area contributed by atoms with E-state index in [2.05, 4.69) is 111 Å². The third-order valence-corrected chi connectivity index (χ3v) is 18.8. The van der Waals surface area contributed by atoms with Crippen LogP contribution in [0.25, 0.3) is 113 Å². The minimum Gasteiger partial charge on any atom is -0.339 e. The number of nitrogens with zero attached hydrogens (tertiary/aromatic N) is 10. The Morgan fingerprint density at radius 3 is 1.13 bits per heavy atom. The Labute approximate surface area is 439 Å². The minimum absolute atomic E-state index is 0.541. The number of pyridine rings is 2. The van der Waals surface area contributed by atoms with Crippen LogP contribution in [-0.2, 0) is 0 Å². The van der Waals surface area contributed by atoms with Gasteiger partial charge in [0.25, 0.3) is 8.24 Å². The van der Waals surface area contributed by atoms with Crippen molar-refractivity contribution in [1.82, 2.24) is 49.1 Å². The number of hydrogen-bond acceptors (Lipinski definition) is 9. The summed E-state index contributed by atoms with van der Waals surface area (Å²) in [7, 11) is -3.54. The van der Waals surface area contributed by atoms with Gasteiger partial charge in [-0.05, 0) is 63.1 Å². The first-order valence-corrected chi connectivity index (χ1v) is 27.0. The highest BCUT2D eigenvalue weighted by Crippen LogP contribution is 2.39. The smallest absolute Gasteiger partial charge is 0.259 e. The molecule has 0 saturated heterocycles. The van der Waals surface area contributed by atoms with Gasteiger partial charge in [-0.2, -0.15) is 0 Å². The SMILES string of the molecule is c1ccc(-c2nc(-c3ccccc3)nc(-c3cc([Si]4(c5ccc(-c6cccnc6)c(-c6nc(-c7ccccc7)nc(-c7ccccc7)n6)c5)c5ccccc5-c5nc6ccccc6n54)ccc3-c3cccnc3)n2)cc1. The third kappa shape index (κ3) is 7.60. The molecule has 356 valence electrons. The molecule has 0 amide bonds. The number of rotatable bonds is 10. The molecule has 1 aliphatic rings. The van der Waals surface area contributed by atoms with Gasteiger partial charge in [-0.15, -0.1) is 0 Å². The van der Waals surface area contributed by atoms with Crippen molar-refractivity contribution in [2.24, 2.45) is 0 Å². The van der Waals surface area contributed by atoms with Gasteiger partial charge in [0, 0.05) is 74.9 Å². The number of benzene rings is 8. The Hall–Kier alpha value is -10.2. The third-order valence-electron chi connectivity index (χ3n) is 14.2. The number of hydrogen-bond donors (Lipinski definition) is 0. The molecule has 1 aliphatic heterocycles. The van der Waals surface area contributed by atoms with E-state index in [1.165, 1.54) is 5.19 Å². The molecule has 76 heavy (non-hydrogen) atoms. The Bertz CT molecular complexity index is 3950. The van der Waals surface area contributed by atoms with Crippen molar-refractivity contribution < 1.29 is 0 Å². The molecular formula is C65H42N10Si. The van der Waals surface area contributed by atoms with E-state index in [1.54, 1.807) is 12.4 Å². The molecule has 6 heterocycles. The zero-order valence-corrected chi connectivity index (χ0v) is 41.7. The fourth-order valence-corrected chi connectivity index (χ4v) is 15.7. The van der Waals surface area contributed by atoms with E-state index in [4.69, 9.17) is 34.9 Å². The Kier molecular flexibility index (Phi) is 10.9. The van der Waals surface area contributed by atoms with Crippen molar-refractivity contribution in [1.29, 1.82) is 0 Å². The topological polar surface area (TPSA) is 121 Å². The van der Waals surface area contributed by atoms with Crippen molar-refractivity contribution in [3.8, 4) is 102 Å². The van der Waals surface area contributed by atoms with Crippen LogP contribution in [0.2, 0.25) is 0 Å². The molecule has 0 spiro atoms. The van der Waals surface area contributed by atoms with Crippen LogP contribution in [-0.4, -0.2) is 57.3 Å². The van der Waals surface area contributed by atoms with E-state index in [0.29, 0.717) is 34.9 Å². The minimum atomic E-state index is -3.54. The van der Waals surface area contributed by atoms with Crippen LogP contribution in [0, 0.1) is 0 Å². The second-order valence-electron chi connectivity index (χ2n) is 18.6. The summed E-state index contributed by atoms with van der Waals surface area (Å²) in [5.41, 5.74) is 12.0. The van der Waals surface area contributed by atoms with E-state index in [1.807, 2.05) is 146 Å². The van der Waals surface area contributed by atoms with E-state index in [-0.39, 0.29) is 0 Å². The molecule has 0 N–H and O–H groups in total. The number of fused-ring (bicyclic) bond motifs is 5. The average molecular weight is 991 g/mol. The monoisotopic (exact) mass is 990 g/mol. The molecule has 11 heteroatoms. The molecule has 0 bridgehead atoms. The second-order valence-corrected chi connectivity index (χ2v) is 22.2. The maximum Gasteiger partial charge on any atom is 0.259 e. The highest BCUT2D eigenvalue weighted by molar-refractivity contribution is 7.12. The fourth-order valence-electron chi connectivity index (χ4n) is 10.7. The molecule has 0 saturated carbocycles.